The summed E-state index contributed by atoms with van der Waals surface area (Å²) in [6.45, 7) is 0. The van der Waals surface area contributed by atoms with E-state index < -0.39 is 0 Å². The number of rotatable bonds is 0. The largest absolute Gasteiger partial charge is 0.320 e. The molecule has 0 aliphatic carbocycles. The number of hydrogen-bond donors (Lipinski definition) is 4. The molecule has 0 fully saturated rings. The van der Waals surface area contributed by atoms with Crippen LogP contribution in [0.15, 0.2) is 0 Å². The van der Waals surface area contributed by atoms with E-state index in [9.17, 15) is 0 Å². The Kier molecular flexibility index (Phi) is 535. The van der Waals surface area contributed by atoms with Crippen LogP contribution in [0.4, 0.5) is 0 Å². The number of nitrogens with one attached hydrogen (secondary N) is 2. The Balaban J connectivity index is -0.0000000483. The van der Waals surface area contributed by atoms with Crippen molar-refractivity contribution in [1.29, 1.82) is 10.8 Å². The van der Waals surface area contributed by atoms with Crippen LogP contribution in [-0.2, 0) is 9.59 Å². The SMILES string of the molecule is N=C=O.N=C=O.NO. The molecule has 6 heteroatoms. The molecule has 0 radical (unpaired) electrons. The van der Waals surface area contributed by atoms with Gasteiger partial charge in [0.05, 0.1) is 0 Å². The van der Waals surface area contributed by atoms with Gasteiger partial charge in [0, 0.05) is 0 Å². The minimum atomic E-state index is 0.750. The highest BCUT2D eigenvalue weighted by molar-refractivity contribution is 5.26. The van der Waals surface area contributed by atoms with Crippen molar-refractivity contribution in [2.75, 3.05) is 0 Å². The molecule has 0 aliphatic rings. The number of nitrogens with two attached hydrogens (primary N) is 1. The van der Waals surface area contributed by atoms with Gasteiger partial charge in [-0.05, 0) is 0 Å². The van der Waals surface area contributed by atoms with Crippen LogP contribution < -0.4 is 5.90 Å². The van der Waals surface area contributed by atoms with Crippen molar-refractivity contribution in [3.63, 3.8) is 0 Å². The topological polar surface area (TPSA) is 128 Å². The van der Waals surface area contributed by atoms with Crippen molar-refractivity contribution in [3.05, 3.63) is 0 Å². The van der Waals surface area contributed by atoms with Gasteiger partial charge >= 0.3 is 0 Å². The molecular formula is C2H5N3O3. The van der Waals surface area contributed by atoms with Gasteiger partial charge in [-0.15, -0.1) is 0 Å². The van der Waals surface area contributed by atoms with Gasteiger partial charge in [-0.2, -0.15) is 0 Å². The molecule has 0 saturated heterocycles. The van der Waals surface area contributed by atoms with E-state index in [1.54, 1.807) is 0 Å². The van der Waals surface area contributed by atoms with Crippen molar-refractivity contribution in [2.45, 2.75) is 0 Å². The molecule has 0 spiro atoms. The fourth-order valence-electron chi connectivity index (χ4n) is 0. The zero-order valence-corrected chi connectivity index (χ0v) is 3.84. The van der Waals surface area contributed by atoms with Gasteiger partial charge in [-0.25, -0.2) is 26.3 Å². The average molecular weight is 119 g/mol. The Morgan fingerprint density at radius 3 is 1.12 bits per heavy atom. The summed E-state index contributed by atoms with van der Waals surface area (Å²) in [6.07, 6.45) is 1.50. The summed E-state index contributed by atoms with van der Waals surface area (Å²) < 4.78 is 0. The molecule has 0 atom stereocenters. The fourth-order valence-corrected chi connectivity index (χ4v) is 0. The summed E-state index contributed by atoms with van der Waals surface area (Å²) in [6, 6.07) is 0. The van der Waals surface area contributed by atoms with Crippen LogP contribution in [0.1, 0.15) is 0 Å². The van der Waals surface area contributed by atoms with Crippen LogP contribution >= 0.6 is 0 Å². The van der Waals surface area contributed by atoms with Crippen molar-refractivity contribution < 1.29 is 14.8 Å². The third kappa shape index (κ3) is 36.4. The van der Waals surface area contributed by atoms with Crippen LogP contribution in [0.3, 0.4) is 0 Å². The second-order valence-electron chi connectivity index (χ2n) is 0.204. The fraction of sp³-hybridized carbons (Fsp3) is 0. The minimum absolute atomic E-state index is 0.750. The molecule has 6 nitrogen and oxygen atoms in total. The van der Waals surface area contributed by atoms with E-state index in [0.29, 0.717) is 0 Å². The predicted molar refractivity (Wildman–Crippen MR) is 22.8 cm³/mol. The first-order chi connectivity index (χ1) is 3.83. The molecule has 46 valence electrons. The molecule has 8 heavy (non-hydrogen) atoms. The molecule has 0 rings (SSSR count). The molecule has 0 bridgehead atoms. The van der Waals surface area contributed by atoms with Gasteiger partial charge in [0.2, 0.25) is 12.2 Å². The molecule has 0 saturated carbocycles. The highest BCUT2D eigenvalue weighted by Crippen LogP contribution is 0.871. The first-order valence-corrected chi connectivity index (χ1v) is 1.17. The van der Waals surface area contributed by atoms with E-state index >= 15 is 0 Å². The minimum Gasteiger partial charge on any atom is -0.320 e. The summed E-state index contributed by atoms with van der Waals surface area (Å²) in [4.78, 5) is 16.7. The van der Waals surface area contributed by atoms with Crippen LogP contribution in [0.25, 0.3) is 0 Å². The summed E-state index contributed by atoms with van der Waals surface area (Å²) in [5.74, 6) is 3.50. The van der Waals surface area contributed by atoms with Gasteiger partial charge in [-0.3, -0.25) is 0 Å². The summed E-state index contributed by atoms with van der Waals surface area (Å²) in [5.41, 5.74) is 0. The number of isocyanates is 2. The first kappa shape index (κ1) is 15.9. The third-order valence-electron chi connectivity index (χ3n) is 0. The molecule has 0 heterocycles. The predicted octanol–water partition coefficient (Wildman–Crippen LogP) is -0.864. The Morgan fingerprint density at radius 2 is 1.12 bits per heavy atom. The van der Waals surface area contributed by atoms with E-state index in [0.717, 1.165) is 12.2 Å². The Hall–Kier alpha value is -1.32. The standard InChI is InChI=1S/2CHNO.H3NO/c2*2-1-3;1-2/h2*2H;2H,1H2. The number of carbonyl (C=O) groups excluding carboxylic acids is 2. The molecule has 0 aromatic carbocycles. The maximum absolute atomic E-state index is 8.35. The van der Waals surface area contributed by atoms with E-state index in [-0.39, 0.29) is 0 Å². The molecular weight excluding hydrogens is 114 g/mol. The third-order valence-corrected chi connectivity index (χ3v) is 0. The van der Waals surface area contributed by atoms with Crippen molar-refractivity contribution in [3.8, 4) is 0 Å². The lowest BCUT2D eigenvalue weighted by atomic mass is 11.7. The van der Waals surface area contributed by atoms with E-state index in [1.807, 2.05) is 0 Å². The van der Waals surface area contributed by atoms with Crippen molar-refractivity contribution >= 4 is 12.2 Å². The van der Waals surface area contributed by atoms with Gasteiger partial charge in [-0.1, -0.05) is 0 Å². The Labute approximate surface area is 44.9 Å². The lowest BCUT2D eigenvalue weighted by Gasteiger charge is -1.27. The van der Waals surface area contributed by atoms with Gasteiger partial charge in [0.15, 0.2) is 0 Å². The molecule has 0 aliphatic heterocycles. The smallest absolute Gasteiger partial charge is 0.231 e. The normalized spacial score (nSPS) is 2.75. The highest BCUT2D eigenvalue weighted by Gasteiger charge is 1.04. The van der Waals surface area contributed by atoms with Crippen molar-refractivity contribution in [1.82, 2.24) is 0 Å². The molecule has 0 unspecified atom stereocenters. The first-order valence-electron chi connectivity index (χ1n) is 1.17. The van der Waals surface area contributed by atoms with Crippen LogP contribution in [0.2, 0.25) is 0 Å². The van der Waals surface area contributed by atoms with Crippen LogP contribution in [0, 0.1) is 10.8 Å². The second-order valence-corrected chi connectivity index (χ2v) is 0.204. The molecule has 0 aromatic heterocycles. The lowest BCUT2D eigenvalue weighted by molar-refractivity contribution is 0.311. The molecule has 5 N–H and O–H groups in total. The summed E-state index contributed by atoms with van der Waals surface area (Å²) in [7, 11) is 0. The van der Waals surface area contributed by atoms with E-state index in [1.165, 1.54) is 0 Å². The van der Waals surface area contributed by atoms with Crippen LogP contribution in [-0.4, -0.2) is 17.4 Å². The van der Waals surface area contributed by atoms with Crippen LogP contribution in [0.5, 0.6) is 0 Å². The zero-order valence-electron chi connectivity index (χ0n) is 3.84. The van der Waals surface area contributed by atoms with E-state index in [2.05, 4.69) is 5.90 Å². The second kappa shape index (κ2) is 269. The van der Waals surface area contributed by atoms with Gasteiger partial charge in [0.25, 0.3) is 0 Å². The highest BCUT2D eigenvalue weighted by atomic mass is 16.4. The maximum atomic E-state index is 8.35. The average Bonchev–Trinajstić information content (AvgIpc) is 1.75. The summed E-state index contributed by atoms with van der Waals surface area (Å²) >= 11 is 0. The van der Waals surface area contributed by atoms with Gasteiger partial charge in [0.1, 0.15) is 0 Å². The molecule has 0 amide bonds. The zero-order chi connectivity index (χ0) is 7.41. The lowest BCUT2D eigenvalue weighted by Crippen LogP contribution is -1.72. The van der Waals surface area contributed by atoms with Crippen molar-refractivity contribution in [2.24, 2.45) is 5.90 Å². The quantitative estimate of drug-likeness (QED) is 0.188. The number of hydrogen-bond acceptors (Lipinski definition) is 6. The molecule has 0 aromatic rings. The van der Waals surface area contributed by atoms with E-state index in [4.69, 9.17) is 25.6 Å². The maximum Gasteiger partial charge on any atom is 0.231 e. The Morgan fingerprint density at radius 1 is 1.12 bits per heavy atom. The summed E-state index contributed by atoms with van der Waals surface area (Å²) in [5, 5.41) is 17.3. The van der Waals surface area contributed by atoms with Gasteiger partial charge < -0.3 is 5.21 Å². The Bertz CT molecular complexity index is 66.5. The monoisotopic (exact) mass is 119 g/mol.